The SMILES string of the molecule is CCCC(=O)[C@@]1(c2ccccc2)C=CC=CC1. The molecule has 17 heavy (non-hydrogen) atoms. The van der Waals surface area contributed by atoms with Crippen molar-refractivity contribution in [1.29, 1.82) is 0 Å². The molecule has 0 saturated heterocycles. The van der Waals surface area contributed by atoms with Crippen molar-refractivity contribution >= 4 is 5.78 Å². The highest BCUT2D eigenvalue weighted by molar-refractivity contribution is 5.92. The summed E-state index contributed by atoms with van der Waals surface area (Å²) in [6.45, 7) is 2.05. The van der Waals surface area contributed by atoms with Crippen LogP contribution < -0.4 is 0 Å². The predicted molar refractivity (Wildman–Crippen MR) is 70.9 cm³/mol. The summed E-state index contributed by atoms with van der Waals surface area (Å²) in [5.74, 6) is 0.326. The summed E-state index contributed by atoms with van der Waals surface area (Å²) in [5.41, 5.74) is 0.686. The van der Waals surface area contributed by atoms with E-state index in [0.29, 0.717) is 12.2 Å². The molecule has 0 aliphatic heterocycles. The number of ketones is 1. The minimum absolute atomic E-state index is 0.326. The van der Waals surface area contributed by atoms with Crippen LogP contribution in [0.1, 0.15) is 31.7 Å². The average Bonchev–Trinajstić information content (AvgIpc) is 2.41. The molecule has 0 saturated carbocycles. The first-order chi connectivity index (χ1) is 8.29. The van der Waals surface area contributed by atoms with Crippen molar-refractivity contribution in [2.24, 2.45) is 0 Å². The molecule has 1 aromatic carbocycles. The van der Waals surface area contributed by atoms with Crippen LogP contribution in [0.3, 0.4) is 0 Å². The van der Waals surface area contributed by atoms with Crippen LogP contribution in [0, 0.1) is 0 Å². The fraction of sp³-hybridized carbons (Fsp3) is 0.312. The van der Waals surface area contributed by atoms with Gasteiger partial charge in [-0.3, -0.25) is 4.79 Å². The lowest BCUT2D eigenvalue weighted by Crippen LogP contribution is -2.34. The summed E-state index contributed by atoms with van der Waals surface area (Å²) in [5, 5.41) is 0. The Morgan fingerprint density at radius 1 is 1.24 bits per heavy atom. The molecule has 1 aliphatic carbocycles. The van der Waals surface area contributed by atoms with Gasteiger partial charge in [0.15, 0.2) is 0 Å². The molecule has 1 nitrogen and oxygen atoms in total. The molecule has 1 heteroatoms. The quantitative estimate of drug-likeness (QED) is 0.763. The summed E-state index contributed by atoms with van der Waals surface area (Å²) in [6, 6.07) is 10.1. The Morgan fingerprint density at radius 3 is 2.59 bits per heavy atom. The minimum Gasteiger partial charge on any atom is -0.298 e. The van der Waals surface area contributed by atoms with Gasteiger partial charge in [0.2, 0.25) is 0 Å². The van der Waals surface area contributed by atoms with Gasteiger partial charge in [0, 0.05) is 6.42 Å². The fourth-order valence-electron chi connectivity index (χ4n) is 2.39. The van der Waals surface area contributed by atoms with Crippen molar-refractivity contribution in [3.8, 4) is 0 Å². The molecule has 0 radical (unpaired) electrons. The standard InChI is InChI=1S/C16H18O/c1-2-9-15(17)16(12-7-4-8-13-16)14-10-5-3-6-11-14/h3-8,10-12H,2,9,13H2,1H3/t16-/m0/s1. The lowest BCUT2D eigenvalue weighted by molar-refractivity contribution is -0.123. The summed E-state index contributed by atoms with van der Waals surface area (Å²) in [7, 11) is 0. The van der Waals surface area contributed by atoms with Crippen LogP contribution in [-0.4, -0.2) is 5.78 Å². The van der Waals surface area contributed by atoms with E-state index in [1.807, 2.05) is 30.4 Å². The Balaban J connectivity index is 2.41. The lowest BCUT2D eigenvalue weighted by Gasteiger charge is -2.30. The van der Waals surface area contributed by atoms with Crippen molar-refractivity contribution in [1.82, 2.24) is 0 Å². The monoisotopic (exact) mass is 226 g/mol. The first-order valence-corrected chi connectivity index (χ1v) is 6.23. The van der Waals surface area contributed by atoms with E-state index in [9.17, 15) is 4.79 Å². The average molecular weight is 226 g/mol. The summed E-state index contributed by atoms with van der Waals surface area (Å²) < 4.78 is 0. The van der Waals surface area contributed by atoms with Gasteiger partial charge in [-0.2, -0.15) is 0 Å². The molecule has 0 unspecified atom stereocenters. The molecule has 88 valence electrons. The Hall–Kier alpha value is -1.63. The van der Waals surface area contributed by atoms with Crippen LogP contribution in [0.2, 0.25) is 0 Å². The van der Waals surface area contributed by atoms with Crippen LogP contribution in [0.25, 0.3) is 0 Å². The van der Waals surface area contributed by atoms with E-state index in [1.165, 1.54) is 0 Å². The van der Waals surface area contributed by atoms with Gasteiger partial charge < -0.3 is 0 Å². The van der Waals surface area contributed by atoms with E-state index in [1.54, 1.807) is 0 Å². The van der Waals surface area contributed by atoms with Crippen molar-refractivity contribution in [2.45, 2.75) is 31.6 Å². The highest BCUT2D eigenvalue weighted by Crippen LogP contribution is 2.34. The second-order valence-corrected chi connectivity index (χ2v) is 4.50. The molecule has 1 aliphatic rings. The highest BCUT2D eigenvalue weighted by atomic mass is 16.1. The van der Waals surface area contributed by atoms with Gasteiger partial charge in [-0.15, -0.1) is 0 Å². The smallest absolute Gasteiger partial charge is 0.147 e. The van der Waals surface area contributed by atoms with E-state index in [4.69, 9.17) is 0 Å². The fourth-order valence-corrected chi connectivity index (χ4v) is 2.39. The van der Waals surface area contributed by atoms with Crippen LogP contribution in [0.15, 0.2) is 54.6 Å². The third-order valence-corrected chi connectivity index (χ3v) is 3.33. The van der Waals surface area contributed by atoms with Crippen molar-refractivity contribution < 1.29 is 4.79 Å². The number of carbonyl (C=O) groups is 1. The van der Waals surface area contributed by atoms with Crippen LogP contribution in [0.5, 0.6) is 0 Å². The highest BCUT2D eigenvalue weighted by Gasteiger charge is 2.36. The van der Waals surface area contributed by atoms with Gasteiger partial charge in [0.05, 0.1) is 5.41 Å². The first kappa shape index (κ1) is 11.8. The zero-order valence-corrected chi connectivity index (χ0v) is 10.2. The van der Waals surface area contributed by atoms with E-state index in [-0.39, 0.29) is 0 Å². The van der Waals surface area contributed by atoms with E-state index < -0.39 is 5.41 Å². The number of allylic oxidation sites excluding steroid dienone is 4. The van der Waals surface area contributed by atoms with Gasteiger partial charge in [-0.25, -0.2) is 0 Å². The molecular formula is C16H18O. The number of Topliss-reactive ketones (excluding diaryl/α,β-unsaturated/α-hetero) is 1. The molecular weight excluding hydrogens is 208 g/mol. The summed E-state index contributed by atoms with van der Waals surface area (Å²) in [6.07, 6.45) is 10.5. The third kappa shape index (κ3) is 2.23. The van der Waals surface area contributed by atoms with E-state index >= 15 is 0 Å². The minimum atomic E-state index is -0.425. The van der Waals surface area contributed by atoms with Gasteiger partial charge in [-0.1, -0.05) is 61.6 Å². The molecule has 1 aromatic rings. The largest absolute Gasteiger partial charge is 0.298 e. The van der Waals surface area contributed by atoms with Crippen molar-refractivity contribution in [3.63, 3.8) is 0 Å². The molecule has 2 rings (SSSR count). The number of hydrogen-bond donors (Lipinski definition) is 0. The molecule has 0 aromatic heterocycles. The summed E-state index contributed by atoms with van der Waals surface area (Å²) in [4.78, 5) is 12.4. The maximum Gasteiger partial charge on any atom is 0.147 e. The molecule has 0 spiro atoms. The van der Waals surface area contributed by atoms with Gasteiger partial charge >= 0.3 is 0 Å². The predicted octanol–water partition coefficient (Wildman–Crippen LogP) is 3.81. The normalized spacial score (nSPS) is 22.6. The van der Waals surface area contributed by atoms with Gasteiger partial charge in [0.1, 0.15) is 5.78 Å². The van der Waals surface area contributed by atoms with Crippen LogP contribution >= 0.6 is 0 Å². The molecule has 0 fully saturated rings. The number of carbonyl (C=O) groups excluding carboxylic acids is 1. The van der Waals surface area contributed by atoms with Crippen molar-refractivity contribution in [3.05, 3.63) is 60.2 Å². The van der Waals surface area contributed by atoms with Crippen molar-refractivity contribution in [2.75, 3.05) is 0 Å². The lowest BCUT2D eigenvalue weighted by atomic mass is 9.71. The third-order valence-electron chi connectivity index (χ3n) is 3.33. The summed E-state index contributed by atoms with van der Waals surface area (Å²) >= 11 is 0. The first-order valence-electron chi connectivity index (χ1n) is 6.23. The molecule has 0 N–H and O–H groups in total. The zero-order valence-electron chi connectivity index (χ0n) is 10.2. The van der Waals surface area contributed by atoms with Gasteiger partial charge in [-0.05, 0) is 18.4 Å². The molecule has 0 heterocycles. The van der Waals surface area contributed by atoms with Gasteiger partial charge in [0.25, 0.3) is 0 Å². The molecule has 0 amide bonds. The van der Waals surface area contributed by atoms with E-state index in [2.05, 4.69) is 31.2 Å². The molecule has 1 atom stereocenters. The molecule has 0 bridgehead atoms. The number of rotatable bonds is 4. The number of hydrogen-bond acceptors (Lipinski definition) is 1. The second kappa shape index (κ2) is 5.13. The Bertz CT molecular complexity index is 442. The maximum absolute atomic E-state index is 12.4. The second-order valence-electron chi connectivity index (χ2n) is 4.50. The Kier molecular flexibility index (Phi) is 3.58. The Morgan fingerprint density at radius 2 is 2.00 bits per heavy atom. The van der Waals surface area contributed by atoms with Crippen LogP contribution in [0.4, 0.5) is 0 Å². The van der Waals surface area contributed by atoms with E-state index in [0.717, 1.165) is 18.4 Å². The topological polar surface area (TPSA) is 17.1 Å². The zero-order chi connectivity index (χ0) is 12.1. The Labute approximate surface area is 103 Å². The van der Waals surface area contributed by atoms with Crippen LogP contribution in [-0.2, 0) is 10.2 Å². The number of benzene rings is 1. The maximum atomic E-state index is 12.4.